The number of hydrogen-bond donors (Lipinski definition) is 1. The van der Waals surface area contributed by atoms with E-state index in [-0.39, 0.29) is 5.60 Å². The quantitative estimate of drug-likeness (QED) is 0.873. The van der Waals surface area contributed by atoms with Crippen LogP contribution in [-0.2, 0) is 17.8 Å². The third-order valence-corrected chi connectivity index (χ3v) is 3.42. The van der Waals surface area contributed by atoms with Crippen LogP contribution in [0, 0.1) is 0 Å². The molecule has 2 rings (SSSR count). The maximum Gasteiger partial charge on any atom is 0.122 e. The van der Waals surface area contributed by atoms with Crippen LogP contribution in [0.15, 0.2) is 12.4 Å². The molecule has 0 radical (unpaired) electrons. The number of nitrogens with one attached hydrogen (secondary N) is 1. The van der Waals surface area contributed by atoms with Gasteiger partial charge in [-0.25, -0.2) is 4.98 Å². The van der Waals surface area contributed by atoms with Crippen molar-refractivity contribution in [3.63, 3.8) is 0 Å². The lowest BCUT2D eigenvalue weighted by Gasteiger charge is -2.20. The molecule has 0 amide bonds. The van der Waals surface area contributed by atoms with E-state index in [4.69, 9.17) is 4.74 Å². The molecule has 0 saturated carbocycles. The van der Waals surface area contributed by atoms with Crippen LogP contribution in [0.1, 0.15) is 46.4 Å². The highest BCUT2D eigenvalue weighted by Gasteiger charge is 2.31. The third-order valence-electron chi connectivity index (χ3n) is 3.42. The zero-order valence-corrected chi connectivity index (χ0v) is 11.9. The summed E-state index contributed by atoms with van der Waals surface area (Å²) in [6.07, 6.45) is 6.53. The molecule has 18 heavy (non-hydrogen) atoms. The van der Waals surface area contributed by atoms with Gasteiger partial charge in [0.2, 0.25) is 0 Å². The summed E-state index contributed by atoms with van der Waals surface area (Å²) in [4.78, 5) is 4.41. The predicted molar refractivity (Wildman–Crippen MR) is 72.4 cm³/mol. The minimum Gasteiger partial charge on any atom is -0.370 e. The Morgan fingerprint density at radius 3 is 2.94 bits per heavy atom. The molecule has 1 aromatic heterocycles. The first kappa shape index (κ1) is 13.6. The van der Waals surface area contributed by atoms with Gasteiger partial charge in [0.1, 0.15) is 5.82 Å². The van der Waals surface area contributed by atoms with Gasteiger partial charge in [0.15, 0.2) is 0 Å². The van der Waals surface area contributed by atoms with Gasteiger partial charge >= 0.3 is 0 Å². The van der Waals surface area contributed by atoms with Crippen molar-refractivity contribution in [2.75, 3.05) is 0 Å². The summed E-state index contributed by atoms with van der Waals surface area (Å²) in [7, 11) is 0. The van der Waals surface area contributed by atoms with E-state index in [1.54, 1.807) is 0 Å². The Hall–Kier alpha value is -0.870. The first-order chi connectivity index (χ1) is 8.46. The van der Waals surface area contributed by atoms with E-state index in [1.165, 1.54) is 0 Å². The molecule has 0 spiro atoms. The Morgan fingerprint density at radius 2 is 2.33 bits per heavy atom. The van der Waals surface area contributed by atoms with Gasteiger partial charge in [-0.3, -0.25) is 0 Å². The standard InChI is InChI=1S/C14H25N3O/c1-11(2)16-9-13-15-7-8-17(13)10-12-5-6-14(3,4)18-12/h7-8,11-12,16H,5-6,9-10H2,1-4H3. The van der Waals surface area contributed by atoms with E-state index in [2.05, 4.69) is 42.6 Å². The average molecular weight is 251 g/mol. The number of aromatic nitrogens is 2. The van der Waals surface area contributed by atoms with Crippen LogP contribution in [0.4, 0.5) is 0 Å². The van der Waals surface area contributed by atoms with Crippen LogP contribution in [0.25, 0.3) is 0 Å². The minimum absolute atomic E-state index is 0.0432. The Kier molecular flexibility index (Phi) is 4.07. The SMILES string of the molecule is CC(C)NCc1nccn1CC1CCC(C)(C)O1. The van der Waals surface area contributed by atoms with E-state index in [0.29, 0.717) is 12.1 Å². The van der Waals surface area contributed by atoms with Crippen LogP contribution >= 0.6 is 0 Å². The highest BCUT2D eigenvalue weighted by Crippen LogP contribution is 2.30. The van der Waals surface area contributed by atoms with Crippen LogP contribution in [0.3, 0.4) is 0 Å². The monoisotopic (exact) mass is 251 g/mol. The Balaban J connectivity index is 1.92. The molecule has 4 nitrogen and oxygen atoms in total. The number of imidazole rings is 1. The molecule has 0 aromatic carbocycles. The molecule has 0 bridgehead atoms. The van der Waals surface area contributed by atoms with Crippen LogP contribution < -0.4 is 5.32 Å². The summed E-state index contributed by atoms with van der Waals surface area (Å²) >= 11 is 0. The second-order valence-electron chi connectivity index (χ2n) is 6.07. The van der Waals surface area contributed by atoms with Gasteiger partial charge in [0.05, 0.1) is 24.8 Å². The second kappa shape index (κ2) is 5.41. The predicted octanol–water partition coefficient (Wildman–Crippen LogP) is 2.34. The summed E-state index contributed by atoms with van der Waals surface area (Å²) < 4.78 is 8.24. The normalized spacial score (nSPS) is 22.8. The molecule has 1 aliphatic rings. The van der Waals surface area contributed by atoms with Crippen LogP contribution in [-0.4, -0.2) is 27.3 Å². The van der Waals surface area contributed by atoms with Gasteiger partial charge in [-0.2, -0.15) is 0 Å². The molecule has 1 fully saturated rings. The zero-order chi connectivity index (χ0) is 13.2. The van der Waals surface area contributed by atoms with Crippen molar-refractivity contribution in [2.24, 2.45) is 0 Å². The highest BCUT2D eigenvalue weighted by atomic mass is 16.5. The highest BCUT2D eigenvalue weighted by molar-refractivity contribution is 4.94. The van der Waals surface area contributed by atoms with E-state index >= 15 is 0 Å². The smallest absolute Gasteiger partial charge is 0.122 e. The summed E-state index contributed by atoms with van der Waals surface area (Å²) in [5.74, 6) is 1.09. The molecular weight excluding hydrogens is 226 g/mol. The number of nitrogens with zero attached hydrogens (tertiary/aromatic N) is 2. The maximum absolute atomic E-state index is 6.03. The lowest BCUT2D eigenvalue weighted by molar-refractivity contribution is -0.0220. The topological polar surface area (TPSA) is 39.1 Å². The summed E-state index contributed by atoms with van der Waals surface area (Å²) in [6.45, 7) is 10.4. The van der Waals surface area contributed by atoms with E-state index in [0.717, 1.165) is 31.8 Å². The van der Waals surface area contributed by atoms with Gasteiger partial charge in [-0.05, 0) is 26.7 Å². The largest absolute Gasteiger partial charge is 0.370 e. The van der Waals surface area contributed by atoms with Crippen molar-refractivity contribution in [2.45, 2.75) is 71.4 Å². The van der Waals surface area contributed by atoms with Crippen molar-refractivity contribution in [1.29, 1.82) is 0 Å². The van der Waals surface area contributed by atoms with Crippen molar-refractivity contribution < 1.29 is 4.74 Å². The summed E-state index contributed by atoms with van der Waals surface area (Å²) in [5.41, 5.74) is 0.0432. The third kappa shape index (κ3) is 3.56. The fourth-order valence-electron chi connectivity index (χ4n) is 2.39. The molecule has 1 unspecified atom stereocenters. The van der Waals surface area contributed by atoms with E-state index in [9.17, 15) is 0 Å². The Labute approximate surface area is 110 Å². The molecule has 1 saturated heterocycles. The average Bonchev–Trinajstić information content (AvgIpc) is 2.83. The molecule has 102 valence electrons. The Bertz CT molecular complexity index is 384. The van der Waals surface area contributed by atoms with Crippen molar-refractivity contribution in [1.82, 2.24) is 14.9 Å². The molecule has 1 atom stereocenters. The lowest BCUT2D eigenvalue weighted by Crippen LogP contribution is -2.26. The minimum atomic E-state index is 0.0432. The molecule has 1 aliphatic heterocycles. The van der Waals surface area contributed by atoms with Crippen LogP contribution in [0.2, 0.25) is 0 Å². The van der Waals surface area contributed by atoms with Crippen molar-refractivity contribution in [3.05, 3.63) is 18.2 Å². The van der Waals surface area contributed by atoms with Crippen molar-refractivity contribution >= 4 is 0 Å². The van der Waals surface area contributed by atoms with Gasteiger partial charge < -0.3 is 14.6 Å². The summed E-state index contributed by atoms with van der Waals surface area (Å²) in [5, 5.41) is 3.41. The van der Waals surface area contributed by atoms with Gasteiger partial charge in [0.25, 0.3) is 0 Å². The van der Waals surface area contributed by atoms with E-state index in [1.807, 2.05) is 12.4 Å². The lowest BCUT2D eigenvalue weighted by atomic mass is 10.1. The molecule has 0 aliphatic carbocycles. The first-order valence-corrected chi connectivity index (χ1v) is 6.87. The fraction of sp³-hybridized carbons (Fsp3) is 0.786. The fourth-order valence-corrected chi connectivity index (χ4v) is 2.39. The van der Waals surface area contributed by atoms with Crippen LogP contribution in [0.5, 0.6) is 0 Å². The van der Waals surface area contributed by atoms with Gasteiger partial charge in [0, 0.05) is 18.4 Å². The van der Waals surface area contributed by atoms with Gasteiger partial charge in [-0.15, -0.1) is 0 Å². The molecular formula is C14H25N3O. The Morgan fingerprint density at radius 1 is 1.56 bits per heavy atom. The van der Waals surface area contributed by atoms with E-state index < -0.39 is 0 Å². The number of hydrogen-bond acceptors (Lipinski definition) is 3. The maximum atomic E-state index is 6.03. The van der Waals surface area contributed by atoms with Gasteiger partial charge in [-0.1, -0.05) is 13.8 Å². The molecule has 2 heterocycles. The second-order valence-corrected chi connectivity index (χ2v) is 6.07. The molecule has 1 aromatic rings. The first-order valence-electron chi connectivity index (χ1n) is 6.87. The molecule has 1 N–H and O–H groups in total. The molecule has 4 heteroatoms. The number of rotatable bonds is 5. The summed E-state index contributed by atoms with van der Waals surface area (Å²) in [6, 6.07) is 0.483. The van der Waals surface area contributed by atoms with Crippen molar-refractivity contribution in [3.8, 4) is 0 Å². The zero-order valence-electron chi connectivity index (χ0n) is 11.9. The number of ether oxygens (including phenoxy) is 1.